The zero-order chi connectivity index (χ0) is 24.2. The van der Waals surface area contributed by atoms with Crippen LogP contribution in [0.4, 0.5) is 0 Å². The molecule has 0 atom stereocenters. The van der Waals surface area contributed by atoms with E-state index in [1.54, 1.807) is 39.0 Å². The van der Waals surface area contributed by atoms with Gasteiger partial charge < -0.3 is 15.3 Å². The number of carbonyl (C=O) groups excluding carboxylic acids is 1. The minimum Gasteiger partial charge on any atom is -0.480 e. The standard InChI is InChI=1S/C22H32N4O7/c27-19(18-4-2-1-3-5-18)14-23-6-8-24(15-20(28)29)10-12-26(17-22(32)33)13-11-25(9-7-23)16-21(30)31/h1-5H,6-17H2,(H,28,29)(H,30,31)(H,32,33). The van der Waals surface area contributed by atoms with Crippen LogP contribution in [0.2, 0.25) is 0 Å². The third-order valence-corrected chi connectivity index (χ3v) is 5.47. The molecule has 0 spiro atoms. The quantitative estimate of drug-likeness (QED) is 0.401. The minimum atomic E-state index is -0.998. The number of ketones is 1. The molecule has 1 saturated heterocycles. The maximum absolute atomic E-state index is 12.7. The molecule has 33 heavy (non-hydrogen) atoms. The van der Waals surface area contributed by atoms with Gasteiger partial charge in [0.05, 0.1) is 26.2 Å². The molecule has 1 aliphatic heterocycles. The highest BCUT2D eigenvalue weighted by Gasteiger charge is 2.21. The van der Waals surface area contributed by atoms with Crippen LogP contribution < -0.4 is 0 Å². The van der Waals surface area contributed by atoms with E-state index in [0.717, 1.165) is 0 Å². The molecule has 11 heteroatoms. The summed E-state index contributed by atoms with van der Waals surface area (Å²) in [7, 11) is 0. The van der Waals surface area contributed by atoms with Gasteiger partial charge in [-0.25, -0.2) is 0 Å². The van der Waals surface area contributed by atoms with E-state index in [2.05, 4.69) is 0 Å². The molecule has 0 radical (unpaired) electrons. The van der Waals surface area contributed by atoms with E-state index < -0.39 is 17.9 Å². The van der Waals surface area contributed by atoms with Crippen LogP contribution in [0, 0.1) is 0 Å². The van der Waals surface area contributed by atoms with Crippen molar-refractivity contribution in [3.8, 4) is 0 Å². The van der Waals surface area contributed by atoms with Crippen molar-refractivity contribution in [3.05, 3.63) is 35.9 Å². The summed E-state index contributed by atoms with van der Waals surface area (Å²) in [6.45, 7) is 2.53. The Morgan fingerprint density at radius 2 is 0.848 bits per heavy atom. The minimum absolute atomic E-state index is 0.0649. The Morgan fingerprint density at radius 3 is 1.15 bits per heavy atom. The number of rotatable bonds is 9. The normalized spacial score (nSPS) is 18.2. The predicted molar refractivity (Wildman–Crippen MR) is 119 cm³/mol. The summed E-state index contributed by atoms with van der Waals surface area (Å²) in [6.07, 6.45) is 0. The summed E-state index contributed by atoms with van der Waals surface area (Å²) >= 11 is 0. The summed E-state index contributed by atoms with van der Waals surface area (Å²) < 4.78 is 0. The van der Waals surface area contributed by atoms with Crippen LogP contribution in [0.5, 0.6) is 0 Å². The van der Waals surface area contributed by atoms with Crippen molar-refractivity contribution in [2.24, 2.45) is 0 Å². The Balaban J connectivity index is 2.15. The first-order valence-electron chi connectivity index (χ1n) is 10.9. The van der Waals surface area contributed by atoms with Crippen LogP contribution >= 0.6 is 0 Å². The van der Waals surface area contributed by atoms with Crippen LogP contribution in [-0.4, -0.2) is 137 Å². The van der Waals surface area contributed by atoms with Gasteiger partial charge in [0.2, 0.25) is 0 Å². The predicted octanol–water partition coefficient (Wildman–Crippen LogP) is -0.655. The van der Waals surface area contributed by atoms with Crippen LogP contribution in [0.1, 0.15) is 10.4 Å². The third kappa shape index (κ3) is 10.5. The lowest BCUT2D eigenvalue weighted by molar-refractivity contribution is -0.140. The van der Waals surface area contributed by atoms with Crippen molar-refractivity contribution in [1.82, 2.24) is 19.6 Å². The highest BCUT2D eigenvalue weighted by molar-refractivity contribution is 5.97. The SMILES string of the molecule is O=C(O)CN1CCN(CC(=O)O)CCN(CC(=O)c2ccccc2)CCN(CC(=O)O)CC1. The highest BCUT2D eigenvalue weighted by atomic mass is 16.4. The molecule has 0 amide bonds. The van der Waals surface area contributed by atoms with Gasteiger partial charge in [0.15, 0.2) is 5.78 Å². The average molecular weight is 465 g/mol. The molecule has 1 aliphatic rings. The van der Waals surface area contributed by atoms with E-state index in [-0.39, 0.29) is 32.0 Å². The zero-order valence-electron chi connectivity index (χ0n) is 18.6. The van der Waals surface area contributed by atoms with Gasteiger partial charge in [-0.15, -0.1) is 0 Å². The van der Waals surface area contributed by atoms with Gasteiger partial charge in [0, 0.05) is 57.9 Å². The van der Waals surface area contributed by atoms with Crippen molar-refractivity contribution >= 4 is 23.7 Å². The number of carboxylic acid groups (broad SMARTS) is 3. The molecular weight excluding hydrogens is 432 g/mol. The lowest BCUT2D eigenvalue weighted by atomic mass is 10.1. The maximum Gasteiger partial charge on any atom is 0.317 e. The van der Waals surface area contributed by atoms with Crippen LogP contribution in [0.3, 0.4) is 0 Å². The number of carboxylic acids is 3. The second-order valence-corrected chi connectivity index (χ2v) is 8.08. The number of aliphatic carboxylic acids is 3. The van der Waals surface area contributed by atoms with Gasteiger partial charge in [-0.3, -0.25) is 38.8 Å². The third-order valence-electron chi connectivity index (χ3n) is 5.47. The van der Waals surface area contributed by atoms with Crippen LogP contribution in [0.15, 0.2) is 30.3 Å². The van der Waals surface area contributed by atoms with E-state index in [1.807, 2.05) is 11.0 Å². The van der Waals surface area contributed by atoms with Crippen LogP contribution in [0.25, 0.3) is 0 Å². The average Bonchev–Trinajstić information content (AvgIpc) is 2.75. The number of benzene rings is 1. The molecule has 1 fully saturated rings. The summed E-state index contributed by atoms with van der Waals surface area (Å²) in [5.74, 6) is -3.02. The van der Waals surface area contributed by atoms with Crippen LogP contribution in [-0.2, 0) is 14.4 Å². The van der Waals surface area contributed by atoms with E-state index in [9.17, 15) is 34.5 Å². The van der Waals surface area contributed by atoms with Gasteiger partial charge in [-0.05, 0) is 0 Å². The van der Waals surface area contributed by atoms with E-state index in [4.69, 9.17) is 0 Å². The highest BCUT2D eigenvalue weighted by Crippen LogP contribution is 2.05. The van der Waals surface area contributed by atoms with Gasteiger partial charge in [0.25, 0.3) is 0 Å². The molecule has 0 aliphatic carbocycles. The molecule has 2 rings (SSSR count). The Hall–Kier alpha value is -2.86. The fraction of sp³-hybridized carbons (Fsp3) is 0.545. The van der Waals surface area contributed by atoms with Crippen molar-refractivity contribution in [3.63, 3.8) is 0 Å². The zero-order valence-corrected chi connectivity index (χ0v) is 18.6. The van der Waals surface area contributed by atoms with E-state index >= 15 is 0 Å². The molecule has 182 valence electrons. The van der Waals surface area contributed by atoms with Crippen molar-refractivity contribution in [2.45, 2.75) is 0 Å². The fourth-order valence-electron chi connectivity index (χ4n) is 3.70. The van der Waals surface area contributed by atoms with Crippen molar-refractivity contribution in [1.29, 1.82) is 0 Å². The summed E-state index contributed by atoms with van der Waals surface area (Å²) in [5, 5.41) is 27.7. The number of Topliss-reactive ketones (excluding diaryl/α,β-unsaturated/α-hetero) is 1. The molecule has 11 nitrogen and oxygen atoms in total. The number of nitrogens with zero attached hydrogens (tertiary/aromatic N) is 4. The molecule has 1 heterocycles. The molecule has 0 bridgehead atoms. The number of hydrogen-bond donors (Lipinski definition) is 3. The molecule has 0 aromatic heterocycles. The largest absolute Gasteiger partial charge is 0.480 e. The Labute approximate surface area is 192 Å². The molecular formula is C22H32N4O7. The van der Waals surface area contributed by atoms with Gasteiger partial charge >= 0.3 is 17.9 Å². The Morgan fingerprint density at radius 1 is 0.545 bits per heavy atom. The lowest BCUT2D eigenvalue weighted by Gasteiger charge is -2.32. The first kappa shape index (κ1) is 26.4. The van der Waals surface area contributed by atoms with E-state index in [1.165, 1.54) is 0 Å². The first-order chi connectivity index (χ1) is 15.7. The number of carbonyl (C=O) groups is 4. The summed E-state index contributed by atoms with van der Waals surface area (Å²) in [4.78, 5) is 53.6. The maximum atomic E-state index is 12.7. The second kappa shape index (κ2) is 13.6. The summed E-state index contributed by atoms with van der Waals surface area (Å²) in [5.41, 5.74) is 0.581. The first-order valence-corrected chi connectivity index (χ1v) is 10.9. The smallest absolute Gasteiger partial charge is 0.317 e. The summed E-state index contributed by atoms with van der Waals surface area (Å²) in [6, 6.07) is 8.88. The Bertz CT molecular complexity index is 773. The van der Waals surface area contributed by atoms with Gasteiger partial charge in [-0.2, -0.15) is 0 Å². The molecule has 0 saturated carbocycles. The van der Waals surface area contributed by atoms with Gasteiger partial charge in [-0.1, -0.05) is 30.3 Å². The van der Waals surface area contributed by atoms with Gasteiger partial charge in [0.1, 0.15) is 0 Å². The monoisotopic (exact) mass is 464 g/mol. The molecule has 1 aromatic rings. The van der Waals surface area contributed by atoms with E-state index in [0.29, 0.717) is 57.9 Å². The Kier molecular flexibility index (Phi) is 10.9. The topological polar surface area (TPSA) is 142 Å². The molecule has 0 unspecified atom stereocenters. The number of hydrogen-bond acceptors (Lipinski definition) is 8. The fourth-order valence-corrected chi connectivity index (χ4v) is 3.70. The molecule has 1 aromatic carbocycles. The lowest BCUT2D eigenvalue weighted by Crippen LogP contribution is -2.49. The van der Waals surface area contributed by atoms with Crippen molar-refractivity contribution in [2.75, 3.05) is 78.5 Å². The molecule has 3 N–H and O–H groups in total. The van der Waals surface area contributed by atoms with Crippen molar-refractivity contribution < 1.29 is 34.5 Å². The second-order valence-electron chi connectivity index (χ2n) is 8.08.